The molecule has 4 aromatic carbocycles. The van der Waals surface area contributed by atoms with Crippen molar-refractivity contribution in [2.45, 2.75) is 12.4 Å². The van der Waals surface area contributed by atoms with E-state index in [2.05, 4.69) is 0 Å². The molecule has 0 aliphatic heterocycles. The first-order chi connectivity index (χ1) is 19.1. The van der Waals surface area contributed by atoms with Gasteiger partial charge in [-0.15, -0.1) is 0 Å². The summed E-state index contributed by atoms with van der Waals surface area (Å²) in [7, 11) is 0. The summed E-state index contributed by atoms with van der Waals surface area (Å²) in [6.45, 7) is 0. The number of rotatable bonds is 6. The number of hydrogen-bond donors (Lipinski definition) is 0. The third-order valence-electron chi connectivity index (χ3n) is 5.74. The maximum Gasteiger partial charge on any atom is 0.416 e. The molecule has 0 unspecified atom stereocenters. The van der Waals surface area contributed by atoms with Crippen molar-refractivity contribution < 1.29 is 40.9 Å². The van der Waals surface area contributed by atoms with Gasteiger partial charge in [-0.05, 0) is 36.4 Å². The number of nitro groups is 2. The zero-order valence-corrected chi connectivity index (χ0v) is 21.4. The highest BCUT2D eigenvalue weighted by Crippen LogP contribution is 2.45. The highest BCUT2D eigenvalue weighted by atomic mass is 35.5. The third-order valence-corrected chi connectivity index (χ3v) is 6.37. The van der Waals surface area contributed by atoms with Gasteiger partial charge in [0.15, 0.2) is 0 Å². The molecule has 0 bridgehead atoms. The van der Waals surface area contributed by atoms with E-state index in [1.807, 2.05) is 0 Å². The molecule has 0 N–H and O–H groups in total. The van der Waals surface area contributed by atoms with Crippen LogP contribution in [0.25, 0.3) is 22.3 Å². The largest absolute Gasteiger partial charge is 0.456 e. The number of non-ortho nitro benzene ring substituents is 2. The number of halogens is 8. The Morgan fingerprint density at radius 1 is 0.561 bits per heavy atom. The number of alkyl halides is 6. The van der Waals surface area contributed by atoms with Crippen LogP contribution < -0.4 is 4.74 Å². The third kappa shape index (κ3) is 6.36. The van der Waals surface area contributed by atoms with Crippen molar-refractivity contribution in [3.05, 3.63) is 114 Å². The molecule has 0 spiro atoms. The van der Waals surface area contributed by atoms with Crippen molar-refractivity contribution in [2.24, 2.45) is 0 Å². The van der Waals surface area contributed by atoms with E-state index in [1.54, 1.807) is 0 Å². The van der Waals surface area contributed by atoms with Crippen LogP contribution in [-0.2, 0) is 12.4 Å². The Bertz CT molecular complexity index is 1570. The number of nitro benzene ring substituents is 2. The average molecular weight is 617 g/mol. The number of ether oxygens (including phenoxy) is 1. The first kappa shape index (κ1) is 29.6. The fourth-order valence-electron chi connectivity index (χ4n) is 3.80. The second-order valence-corrected chi connectivity index (χ2v) is 9.18. The fraction of sp³-hybridized carbons (Fsp3) is 0.0769. The summed E-state index contributed by atoms with van der Waals surface area (Å²) in [6, 6.07) is 11.0. The lowest BCUT2D eigenvalue weighted by Crippen LogP contribution is -2.05. The SMILES string of the molecule is O=[N+]([O-])c1ccc(Oc2ccc([N+](=O)[O-])cc2-c2ccc(C(F)(F)F)cc2Cl)c(-c2ccc(C(F)(F)F)cc2Cl)c1. The van der Waals surface area contributed by atoms with Crippen LogP contribution in [0.5, 0.6) is 11.5 Å². The van der Waals surface area contributed by atoms with Gasteiger partial charge in [-0.3, -0.25) is 20.2 Å². The van der Waals surface area contributed by atoms with E-state index in [-0.39, 0.29) is 33.8 Å². The van der Waals surface area contributed by atoms with E-state index in [0.717, 1.165) is 48.5 Å². The maximum absolute atomic E-state index is 13.2. The highest BCUT2D eigenvalue weighted by Gasteiger charge is 2.32. The summed E-state index contributed by atoms with van der Waals surface area (Å²) in [5.41, 5.74) is -3.44. The minimum absolute atomic E-state index is 0.0746. The zero-order valence-electron chi connectivity index (χ0n) is 19.9. The van der Waals surface area contributed by atoms with E-state index in [1.165, 1.54) is 0 Å². The molecule has 15 heteroatoms. The lowest BCUT2D eigenvalue weighted by atomic mass is 10.0. The van der Waals surface area contributed by atoms with Crippen LogP contribution >= 0.6 is 23.2 Å². The van der Waals surface area contributed by atoms with Gasteiger partial charge >= 0.3 is 12.4 Å². The highest BCUT2D eigenvalue weighted by molar-refractivity contribution is 6.34. The van der Waals surface area contributed by atoms with Crippen molar-refractivity contribution >= 4 is 34.6 Å². The van der Waals surface area contributed by atoms with Crippen molar-refractivity contribution in [1.82, 2.24) is 0 Å². The van der Waals surface area contributed by atoms with Crippen LogP contribution in [0.1, 0.15) is 11.1 Å². The molecule has 7 nitrogen and oxygen atoms in total. The monoisotopic (exact) mass is 616 g/mol. The molecule has 0 aliphatic carbocycles. The summed E-state index contributed by atoms with van der Waals surface area (Å²) in [6.07, 6.45) is -9.45. The molecule has 0 saturated heterocycles. The minimum Gasteiger partial charge on any atom is -0.456 e. The minimum atomic E-state index is -4.72. The molecule has 4 aromatic rings. The molecule has 4 rings (SSSR count). The van der Waals surface area contributed by atoms with E-state index in [9.17, 15) is 46.6 Å². The molecule has 212 valence electrons. The number of nitrogens with zero attached hydrogens (tertiary/aromatic N) is 2. The van der Waals surface area contributed by atoms with Crippen LogP contribution in [0.15, 0.2) is 72.8 Å². The summed E-state index contributed by atoms with van der Waals surface area (Å²) in [5, 5.41) is 22.0. The second kappa shape index (κ2) is 10.9. The quantitative estimate of drug-likeness (QED) is 0.122. The Hall–Kier alpha value is -4.36. The normalized spacial score (nSPS) is 11.8. The van der Waals surface area contributed by atoms with Crippen molar-refractivity contribution in [3.8, 4) is 33.8 Å². The molecule has 0 aliphatic rings. The van der Waals surface area contributed by atoms with Crippen LogP contribution in [-0.4, -0.2) is 9.85 Å². The summed E-state index contributed by atoms with van der Waals surface area (Å²) in [4.78, 5) is 21.3. The van der Waals surface area contributed by atoms with Crippen LogP contribution in [0.2, 0.25) is 10.0 Å². The molecule has 0 amide bonds. The topological polar surface area (TPSA) is 95.5 Å². The van der Waals surface area contributed by atoms with Crippen molar-refractivity contribution in [1.29, 1.82) is 0 Å². The number of hydrogen-bond acceptors (Lipinski definition) is 5. The standard InChI is InChI=1S/C26H12Cl2F6N2O5/c27-21-9-13(25(29,30)31)1-5-17(21)19-11-15(35(37)38)3-7-23(19)41-24-8-4-16(36(39)40)12-20(24)18-6-2-14(10-22(18)28)26(32,33)34/h1-12H. The van der Waals surface area contributed by atoms with Crippen molar-refractivity contribution in [2.75, 3.05) is 0 Å². The Morgan fingerprint density at radius 2 is 0.927 bits per heavy atom. The summed E-state index contributed by atoms with van der Waals surface area (Å²) in [5.74, 6) is -0.342. The van der Waals surface area contributed by atoms with Gasteiger partial charge in [0.05, 0.1) is 21.0 Å². The predicted molar refractivity (Wildman–Crippen MR) is 137 cm³/mol. The molecule has 0 heterocycles. The molecular formula is C26H12Cl2F6N2O5. The van der Waals surface area contributed by atoms with Crippen LogP contribution in [0, 0.1) is 20.2 Å². The average Bonchev–Trinajstić information content (AvgIpc) is 2.88. The van der Waals surface area contributed by atoms with E-state index >= 15 is 0 Å². The molecule has 0 saturated carbocycles. The number of benzene rings is 4. The van der Waals surface area contributed by atoms with E-state index in [4.69, 9.17) is 27.9 Å². The molecule has 41 heavy (non-hydrogen) atoms. The van der Waals surface area contributed by atoms with Gasteiger partial charge in [0, 0.05) is 56.6 Å². The Morgan fingerprint density at radius 3 is 1.22 bits per heavy atom. The van der Waals surface area contributed by atoms with Gasteiger partial charge in [-0.25, -0.2) is 0 Å². The predicted octanol–water partition coefficient (Wildman–Crippen LogP) is 9.97. The van der Waals surface area contributed by atoms with E-state index in [0.29, 0.717) is 24.3 Å². The van der Waals surface area contributed by atoms with Gasteiger partial charge in [0.25, 0.3) is 11.4 Å². The molecular weight excluding hydrogens is 605 g/mol. The molecule has 0 aromatic heterocycles. The molecule has 0 atom stereocenters. The van der Waals surface area contributed by atoms with E-state index < -0.39 is 54.7 Å². The molecule has 0 fully saturated rings. The maximum atomic E-state index is 13.2. The smallest absolute Gasteiger partial charge is 0.416 e. The van der Waals surface area contributed by atoms with Gasteiger partial charge in [-0.1, -0.05) is 35.3 Å². The van der Waals surface area contributed by atoms with Gasteiger partial charge in [0.1, 0.15) is 11.5 Å². The summed E-state index contributed by atoms with van der Waals surface area (Å²) < 4.78 is 84.9. The van der Waals surface area contributed by atoms with Crippen LogP contribution in [0.4, 0.5) is 37.7 Å². The Balaban J connectivity index is 1.89. The zero-order chi connectivity index (χ0) is 30.3. The lowest BCUT2D eigenvalue weighted by molar-refractivity contribution is -0.385. The van der Waals surface area contributed by atoms with Gasteiger partial charge in [0.2, 0.25) is 0 Å². The Kier molecular flexibility index (Phi) is 7.87. The fourth-order valence-corrected chi connectivity index (χ4v) is 4.36. The lowest BCUT2D eigenvalue weighted by Gasteiger charge is -2.17. The van der Waals surface area contributed by atoms with Gasteiger partial charge in [-0.2, -0.15) is 26.3 Å². The van der Waals surface area contributed by atoms with Crippen LogP contribution in [0.3, 0.4) is 0 Å². The first-order valence-corrected chi connectivity index (χ1v) is 11.8. The summed E-state index contributed by atoms with van der Waals surface area (Å²) >= 11 is 12.2. The first-order valence-electron chi connectivity index (χ1n) is 11.0. The van der Waals surface area contributed by atoms with Crippen molar-refractivity contribution in [3.63, 3.8) is 0 Å². The molecule has 0 radical (unpaired) electrons. The van der Waals surface area contributed by atoms with Gasteiger partial charge < -0.3 is 4.74 Å². The second-order valence-electron chi connectivity index (χ2n) is 8.36. The Labute approximate surface area is 235 Å².